The molecule has 2 heteroatoms. The Morgan fingerprint density at radius 2 is 1.20 bits per heavy atom. The smallest absolute Gasteiger partial charge is 0.143 e. The van der Waals surface area contributed by atoms with Crippen LogP contribution in [-0.4, -0.2) is 4.98 Å². The number of rotatable bonds is 4. The van der Waals surface area contributed by atoms with Crippen molar-refractivity contribution in [1.82, 2.24) is 4.98 Å². The number of ether oxygens (including phenoxy) is 1. The highest BCUT2D eigenvalue weighted by molar-refractivity contribution is 6.20. The predicted octanol–water partition coefficient (Wildman–Crippen LogP) is 11.8. The Labute approximate surface area is 261 Å². The lowest BCUT2D eigenvalue weighted by Gasteiger charge is -2.21. The van der Waals surface area contributed by atoms with Crippen molar-refractivity contribution in [3.8, 4) is 33.8 Å². The van der Waals surface area contributed by atoms with Crippen LogP contribution >= 0.6 is 0 Å². The van der Waals surface area contributed by atoms with Gasteiger partial charge in [-0.25, -0.2) is 0 Å². The van der Waals surface area contributed by atoms with Crippen LogP contribution in [0.5, 0.6) is 11.5 Å². The molecule has 0 aliphatic heterocycles. The third-order valence-corrected chi connectivity index (χ3v) is 9.26. The number of aromatic nitrogens is 1. The number of hydrogen-bond acceptors (Lipinski definition) is 2. The van der Waals surface area contributed by atoms with Gasteiger partial charge in [-0.05, 0) is 86.0 Å². The fourth-order valence-electron chi connectivity index (χ4n) is 7.23. The first-order chi connectivity index (χ1) is 22.3. The molecule has 0 spiro atoms. The van der Waals surface area contributed by atoms with Gasteiger partial charge >= 0.3 is 0 Å². The summed E-state index contributed by atoms with van der Waals surface area (Å²) in [6.07, 6.45) is 10.6. The Balaban J connectivity index is 1.31. The van der Waals surface area contributed by atoms with Gasteiger partial charge in [0.15, 0.2) is 0 Å². The summed E-state index contributed by atoms with van der Waals surface area (Å²) in [4.78, 5) is 4.65. The minimum Gasteiger partial charge on any atom is -0.455 e. The second-order valence-electron chi connectivity index (χ2n) is 11.8. The Kier molecular flexibility index (Phi) is 5.99. The summed E-state index contributed by atoms with van der Waals surface area (Å²) < 4.78 is 7.04. The number of allylic oxidation sites excluding steroid dienone is 1. The standard InChI is InChI=1S/C43H29NO/c1-2-12-28(13-3-1)31-22-23-41(35-19-9-8-17-33(31)35)45-43-37-21-11-10-20-36(37)42(40-27-44-25-24-38(40)43)39-26-29-14-4-5-15-30(29)32-16-6-7-18-34(32)39/h1-3,5-13,15-27H,4,14H2. The topological polar surface area (TPSA) is 22.1 Å². The Bertz CT molecular complexity index is 2400. The molecule has 0 atom stereocenters. The van der Waals surface area contributed by atoms with E-state index in [1.54, 1.807) is 0 Å². The fraction of sp³-hybridized carbons (Fsp3) is 0.0465. The molecule has 1 heterocycles. The number of benzene rings is 7. The van der Waals surface area contributed by atoms with Crippen molar-refractivity contribution in [2.24, 2.45) is 0 Å². The van der Waals surface area contributed by atoms with Crippen molar-refractivity contribution >= 4 is 49.2 Å². The van der Waals surface area contributed by atoms with Crippen LogP contribution in [-0.2, 0) is 6.42 Å². The van der Waals surface area contributed by atoms with E-state index in [0.717, 1.165) is 51.3 Å². The van der Waals surface area contributed by atoms with Crippen LogP contribution in [0.25, 0.3) is 71.4 Å². The predicted molar refractivity (Wildman–Crippen MR) is 189 cm³/mol. The molecule has 45 heavy (non-hydrogen) atoms. The van der Waals surface area contributed by atoms with Gasteiger partial charge in [0.2, 0.25) is 0 Å². The number of pyridine rings is 1. The van der Waals surface area contributed by atoms with Crippen molar-refractivity contribution in [3.05, 3.63) is 157 Å². The first kappa shape index (κ1) is 25.7. The van der Waals surface area contributed by atoms with Crippen LogP contribution in [0.4, 0.5) is 0 Å². The molecule has 212 valence electrons. The maximum absolute atomic E-state index is 7.04. The summed E-state index contributed by atoms with van der Waals surface area (Å²) in [5, 5.41) is 9.20. The first-order valence-electron chi connectivity index (χ1n) is 15.6. The molecule has 0 saturated heterocycles. The Morgan fingerprint density at radius 3 is 2.02 bits per heavy atom. The van der Waals surface area contributed by atoms with E-state index in [0.29, 0.717) is 0 Å². The van der Waals surface area contributed by atoms with E-state index >= 15 is 0 Å². The van der Waals surface area contributed by atoms with Gasteiger partial charge < -0.3 is 4.74 Å². The minimum atomic E-state index is 0.840. The zero-order valence-electron chi connectivity index (χ0n) is 24.7. The summed E-state index contributed by atoms with van der Waals surface area (Å²) in [6.45, 7) is 0. The first-order valence-corrected chi connectivity index (χ1v) is 15.6. The van der Waals surface area contributed by atoms with Crippen LogP contribution in [0, 0.1) is 0 Å². The van der Waals surface area contributed by atoms with Gasteiger partial charge in [-0.3, -0.25) is 4.98 Å². The molecule has 2 nitrogen and oxygen atoms in total. The zero-order chi connectivity index (χ0) is 29.7. The van der Waals surface area contributed by atoms with Gasteiger partial charge in [0, 0.05) is 33.9 Å². The van der Waals surface area contributed by atoms with Gasteiger partial charge in [0.25, 0.3) is 0 Å². The highest BCUT2D eigenvalue weighted by atomic mass is 16.5. The molecule has 1 aromatic heterocycles. The number of aryl methyl sites for hydroxylation is 1. The lowest BCUT2D eigenvalue weighted by molar-refractivity contribution is 0.499. The van der Waals surface area contributed by atoms with Gasteiger partial charge in [-0.2, -0.15) is 0 Å². The Hall–Kier alpha value is -5.73. The summed E-state index contributed by atoms with van der Waals surface area (Å²) in [5.41, 5.74) is 7.59. The number of hydrogen-bond donors (Lipinski definition) is 0. The average molecular weight is 576 g/mol. The van der Waals surface area contributed by atoms with E-state index in [4.69, 9.17) is 4.74 Å². The normalized spacial score (nSPS) is 12.6. The second kappa shape index (κ2) is 10.5. The van der Waals surface area contributed by atoms with E-state index in [2.05, 4.69) is 145 Å². The molecule has 1 aliphatic carbocycles. The number of nitrogens with zero attached hydrogens (tertiary/aromatic N) is 1. The maximum atomic E-state index is 7.04. The van der Waals surface area contributed by atoms with Gasteiger partial charge in [-0.15, -0.1) is 0 Å². The number of fused-ring (bicyclic) bond motifs is 6. The third-order valence-electron chi connectivity index (χ3n) is 9.26. The zero-order valence-corrected chi connectivity index (χ0v) is 24.7. The highest BCUT2D eigenvalue weighted by Gasteiger charge is 2.21. The molecule has 0 radical (unpaired) electrons. The van der Waals surface area contributed by atoms with Crippen molar-refractivity contribution in [2.75, 3.05) is 0 Å². The molecule has 0 saturated carbocycles. The quantitative estimate of drug-likeness (QED) is 0.195. The molecular weight excluding hydrogens is 546 g/mol. The van der Waals surface area contributed by atoms with Crippen LogP contribution < -0.4 is 4.74 Å². The van der Waals surface area contributed by atoms with Crippen LogP contribution in [0.1, 0.15) is 17.5 Å². The molecule has 0 unspecified atom stereocenters. The lowest BCUT2D eigenvalue weighted by Crippen LogP contribution is -1.99. The fourth-order valence-corrected chi connectivity index (χ4v) is 7.23. The monoisotopic (exact) mass is 575 g/mol. The van der Waals surface area contributed by atoms with Gasteiger partial charge in [-0.1, -0.05) is 121 Å². The van der Waals surface area contributed by atoms with Crippen LogP contribution in [0.3, 0.4) is 0 Å². The lowest BCUT2D eigenvalue weighted by atomic mass is 9.84. The van der Waals surface area contributed by atoms with Crippen molar-refractivity contribution in [2.45, 2.75) is 12.8 Å². The SMILES string of the molecule is C1=Cc2c(cc(-c3c4ccccc4c(Oc4ccc(-c5ccccc5)c5ccccc45)c4ccncc34)c3ccccc23)CC1. The third kappa shape index (κ3) is 4.14. The van der Waals surface area contributed by atoms with E-state index in [-0.39, 0.29) is 0 Å². The van der Waals surface area contributed by atoms with E-state index < -0.39 is 0 Å². The summed E-state index contributed by atoms with van der Waals surface area (Å²) in [5.74, 6) is 1.70. The van der Waals surface area contributed by atoms with Gasteiger partial charge in [0.1, 0.15) is 11.5 Å². The van der Waals surface area contributed by atoms with Crippen molar-refractivity contribution < 1.29 is 4.74 Å². The maximum Gasteiger partial charge on any atom is 0.143 e. The van der Waals surface area contributed by atoms with E-state index in [9.17, 15) is 0 Å². The summed E-state index contributed by atoms with van der Waals surface area (Å²) in [6, 6.07) is 45.4. The molecule has 1 aliphatic rings. The molecule has 7 aromatic carbocycles. The largest absolute Gasteiger partial charge is 0.455 e. The molecule has 0 fully saturated rings. The summed E-state index contributed by atoms with van der Waals surface area (Å²) >= 11 is 0. The van der Waals surface area contributed by atoms with Crippen molar-refractivity contribution in [3.63, 3.8) is 0 Å². The molecule has 9 rings (SSSR count). The minimum absolute atomic E-state index is 0.840. The second-order valence-corrected chi connectivity index (χ2v) is 11.8. The molecule has 8 aromatic rings. The summed E-state index contributed by atoms with van der Waals surface area (Å²) in [7, 11) is 0. The molecule has 0 amide bonds. The average Bonchev–Trinajstić information content (AvgIpc) is 3.12. The van der Waals surface area contributed by atoms with Crippen molar-refractivity contribution in [1.29, 1.82) is 0 Å². The van der Waals surface area contributed by atoms with Gasteiger partial charge in [0.05, 0.1) is 0 Å². The van der Waals surface area contributed by atoms with Crippen LogP contribution in [0.2, 0.25) is 0 Å². The molecule has 0 bridgehead atoms. The highest BCUT2D eigenvalue weighted by Crippen LogP contribution is 2.48. The van der Waals surface area contributed by atoms with Crippen LogP contribution in [0.15, 0.2) is 146 Å². The van der Waals surface area contributed by atoms with E-state index in [1.807, 2.05) is 12.4 Å². The molecular formula is C43H29NO. The molecule has 0 N–H and O–H groups in total. The Morgan fingerprint density at radius 1 is 0.533 bits per heavy atom. The van der Waals surface area contributed by atoms with E-state index in [1.165, 1.54) is 49.5 Å².